The van der Waals surface area contributed by atoms with Crippen molar-refractivity contribution in [2.45, 2.75) is 20.3 Å². The Balaban J connectivity index is 2.00. The minimum Gasteiger partial charge on any atom is -0.383 e. The number of hydrogen-bond donors (Lipinski definition) is 2. The van der Waals surface area contributed by atoms with Crippen LogP contribution in [0.3, 0.4) is 0 Å². The van der Waals surface area contributed by atoms with Crippen molar-refractivity contribution in [1.29, 1.82) is 0 Å². The maximum Gasteiger partial charge on any atom is 0.270 e. The van der Waals surface area contributed by atoms with Gasteiger partial charge in [-0.2, -0.15) is 0 Å². The number of amides is 1. The van der Waals surface area contributed by atoms with Crippen LogP contribution in [-0.4, -0.2) is 36.1 Å². The van der Waals surface area contributed by atoms with Crippen molar-refractivity contribution in [2.75, 3.05) is 25.6 Å². The molecule has 150 valence electrons. The molecule has 0 aliphatic heterocycles. The van der Waals surface area contributed by atoms with Crippen molar-refractivity contribution in [2.24, 2.45) is 0 Å². The van der Waals surface area contributed by atoms with Crippen LogP contribution in [0.15, 0.2) is 54.6 Å². The Morgan fingerprint density at radius 2 is 1.86 bits per heavy atom. The highest BCUT2D eigenvalue weighted by Crippen LogP contribution is 2.26. The third kappa shape index (κ3) is 5.18. The molecule has 0 fully saturated rings. The van der Waals surface area contributed by atoms with Crippen LogP contribution in [-0.2, 0) is 11.2 Å². The van der Waals surface area contributed by atoms with E-state index in [1.165, 1.54) is 5.56 Å². The largest absolute Gasteiger partial charge is 0.383 e. The smallest absolute Gasteiger partial charge is 0.270 e. The average molecular weight is 390 g/mol. The van der Waals surface area contributed by atoms with E-state index in [0.717, 1.165) is 23.2 Å². The molecule has 0 atom stereocenters. The van der Waals surface area contributed by atoms with E-state index >= 15 is 0 Å². The lowest BCUT2D eigenvalue weighted by Gasteiger charge is -2.15. The highest BCUT2D eigenvalue weighted by Gasteiger charge is 2.14. The van der Waals surface area contributed by atoms with E-state index in [4.69, 9.17) is 4.74 Å². The minimum absolute atomic E-state index is 0.259. The summed E-state index contributed by atoms with van der Waals surface area (Å²) in [5.41, 5.74) is 4.48. The molecule has 0 saturated heterocycles. The first-order valence-electron chi connectivity index (χ1n) is 9.69. The molecule has 1 aromatic heterocycles. The van der Waals surface area contributed by atoms with Gasteiger partial charge in [0.2, 0.25) is 0 Å². The van der Waals surface area contributed by atoms with Gasteiger partial charge in [-0.15, -0.1) is 0 Å². The van der Waals surface area contributed by atoms with E-state index in [-0.39, 0.29) is 5.91 Å². The van der Waals surface area contributed by atoms with E-state index in [1.54, 1.807) is 13.2 Å². The maximum atomic E-state index is 12.6. The zero-order valence-corrected chi connectivity index (χ0v) is 17.0. The molecule has 29 heavy (non-hydrogen) atoms. The van der Waals surface area contributed by atoms with Crippen LogP contribution in [0, 0.1) is 6.92 Å². The third-order valence-electron chi connectivity index (χ3n) is 4.58. The SMILES string of the molecule is CCc1cccc(C)c1Nc1cc(C(=O)NCCOC)nc(-c2ccccc2)n1. The number of benzene rings is 2. The van der Waals surface area contributed by atoms with Crippen LogP contribution in [0.5, 0.6) is 0 Å². The van der Waals surface area contributed by atoms with Gasteiger partial charge < -0.3 is 15.4 Å². The molecule has 0 spiro atoms. The minimum atomic E-state index is -0.259. The summed E-state index contributed by atoms with van der Waals surface area (Å²) in [6, 6.07) is 17.5. The first-order chi connectivity index (χ1) is 14.1. The summed E-state index contributed by atoms with van der Waals surface area (Å²) in [6.07, 6.45) is 0.894. The highest BCUT2D eigenvalue weighted by molar-refractivity contribution is 5.93. The molecule has 2 aromatic carbocycles. The van der Waals surface area contributed by atoms with Gasteiger partial charge in [0, 0.05) is 31.0 Å². The summed E-state index contributed by atoms with van der Waals surface area (Å²) in [5.74, 6) is 0.823. The molecule has 1 amide bonds. The van der Waals surface area contributed by atoms with Crippen molar-refractivity contribution in [3.8, 4) is 11.4 Å². The second-order valence-corrected chi connectivity index (χ2v) is 6.66. The highest BCUT2D eigenvalue weighted by atomic mass is 16.5. The summed E-state index contributed by atoms with van der Waals surface area (Å²) < 4.78 is 5.00. The van der Waals surface area contributed by atoms with Crippen LogP contribution >= 0.6 is 0 Å². The molecule has 3 rings (SSSR count). The average Bonchev–Trinajstić information content (AvgIpc) is 2.75. The Kier molecular flexibility index (Phi) is 6.92. The fourth-order valence-corrected chi connectivity index (χ4v) is 3.03. The Hall–Kier alpha value is -3.25. The quantitative estimate of drug-likeness (QED) is 0.566. The molecule has 0 radical (unpaired) electrons. The molecule has 3 aromatic rings. The topological polar surface area (TPSA) is 76.1 Å². The number of methoxy groups -OCH3 is 1. The van der Waals surface area contributed by atoms with Crippen molar-refractivity contribution in [3.05, 3.63) is 71.4 Å². The molecule has 0 bridgehead atoms. The predicted molar refractivity (Wildman–Crippen MR) is 116 cm³/mol. The second-order valence-electron chi connectivity index (χ2n) is 6.66. The summed E-state index contributed by atoms with van der Waals surface area (Å²) >= 11 is 0. The Bertz CT molecular complexity index is 974. The van der Waals surface area contributed by atoms with E-state index < -0.39 is 0 Å². The fourth-order valence-electron chi connectivity index (χ4n) is 3.03. The first-order valence-corrected chi connectivity index (χ1v) is 9.69. The Morgan fingerprint density at radius 1 is 1.07 bits per heavy atom. The van der Waals surface area contributed by atoms with Gasteiger partial charge in [0.1, 0.15) is 11.5 Å². The molecule has 2 N–H and O–H groups in total. The first kappa shape index (κ1) is 20.5. The zero-order valence-electron chi connectivity index (χ0n) is 17.0. The number of carbonyl (C=O) groups excluding carboxylic acids is 1. The van der Waals surface area contributed by atoms with Crippen molar-refractivity contribution >= 4 is 17.4 Å². The molecular formula is C23H26N4O2. The van der Waals surface area contributed by atoms with E-state index in [2.05, 4.69) is 46.6 Å². The van der Waals surface area contributed by atoms with Gasteiger partial charge >= 0.3 is 0 Å². The van der Waals surface area contributed by atoms with Gasteiger partial charge in [-0.3, -0.25) is 4.79 Å². The molecule has 6 nitrogen and oxygen atoms in total. The summed E-state index contributed by atoms with van der Waals surface area (Å²) in [5, 5.41) is 6.23. The van der Waals surface area contributed by atoms with Crippen molar-refractivity contribution < 1.29 is 9.53 Å². The molecule has 0 saturated carbocycles. The normalized spacial score (nSPS) is 10.6. The van der Waals surface area contributed by atoms with Gasteiger partial charge in [0.25, 0.3) is 5.91 Å². The summed E-state index contributed by atoms with van der Waals surface area (Å²) in [7, 11) is 1.60. The number of aryl methyl sites for hydroxylation is 2. The fraction of sp³-hybridized carbons (Fsp3) is 0.261. The van der Waals surface area contributed by atoms with Crippen molar-refractivity contribution in [1.82, 2.24) is 15.3 Å². The maximum absolute atomic E-state index is 12.6. The lowest BCUT2D eigenvalue weighted by molar-refractivity contribution is 0.0932. The van der Waals surface area contributed by atoms with Crippen LogP contribution in [0.4, 0.5) is 11.5 Å². The number of hydrogen-bond acceptors (Lipinski definition) is 5. The molecule has 1 heterocycles. The lowest BCUT2D eigenvalue weighted by Crippen LogP contribution is -2.28. The van der Waals surface area contributed by atoms with E-state index in [9.17, 15) is 4.79 Å². The molecule has 0 aliphatic rings. The molecule has 0 aliphatic carbocycles. The van der Waals surface area contributed by atoms with Crippen LogP contribution < -0.4 is 10.6 Å². The number of rotatable bonds is 8. The van der Waals surface area contributed by atoms with Gasteiger partial charge in [-0.1, -0.05) is 55.5 Å². The lowest BCUT2D eigenvalue weighted by atomic mass is 10.1. The second kappa shape index (κ2) is 9.80. The third-order valence-corrected chi connectivity index (χ3v) is 4.58. The Morgan fingerprint density at radius 3 is 2.59 bits per heavy atom. The van der Waals surface area contributed by atoms with Crippen LogP contribution in [0.2, 0.25) is 0 Å². The van der Waals surface area contributed by atoms with Gasteiger partial charge in [-0.25, -0.2) is 9.97 Å². The van der Waals surface area contributed by atoms with Gasteiger partial charge in [0.15, 0.2) is 5.82 Å². The van der Waals surface area contributed by atoms with Crippen molar-refractivity contribution in [3.63, 3.8) is 0 Å². The number of para-hydroxylation sites is 1. The number of aromatic nitrogens is 2. The summed E-state index contributed by atoms with van der Waals surface area (Å²) in [6.45, 7) is 5.03. The summed E-state index contributed by atoms with van der Waals surface area (Å²) in [4.78, 5) is 21.8. The number of nitrogens with one attached hydrogen (secondary N) is 2. The molecular weight excluding hydrogens is 364 g/mol. The Labute approximate surface area is 171 Å². The molecule has 0 unspecified atom stereocenters. The van der Waals surface area contributed by atoms with E-state index in [0.29, 0.717) is 30.5 Å². The standard InChI is InChI=1S/C23H26N4O2/c1-4-17-12-8-9-16(2)21(17)26-20-15-19(23(28)24-13-14-29-3)25-22(27-20)18-10-6-5-7-11-18/h5-12,15H,4,13-14H2,1-3H3,(H,24,28)(H,25,26,27). The van der Waals surface area contributed by atoms with E-state index in [1.807, 2.05) is 36.4 Å². The number of nitrogens with zero attached hydrogens (tertiary/aromatic N) is 2. The van der Waals surface area contributed by atoms with Gasteiger partial charge in [0.05, 0.1) is 6.61 Å². The van der Waals surface area contributed by atoms with Crippen LogP contribution in [0.1, 0.15) is 28.5 Å². The zero-order chi connectivity index (χ0) is 20.6. The monoisotopic (exact) mass is 390 g/mol. The molecule has 6 heteroatoms. The van der Waals surface area contributed by atoms with Crippen LogP contribution in [0.25, 0.3) is 11.4 Å². The predicted octanol–water partition coefficient (Wildman–Crippen LogP) is 4.13. The number of ether oxygens (including phenoxy) is 1. The number of carbonyl (C=O) groups is 1. The number of anilines is 2. The van der Waals surface area contributed by atoms with Gasteiger partial charge in [-0.05, 0) is 24.5 Å².